The lowest BCUT2D eigenvalue weighted by molar-refractivity contribution is 0.0972. The van der Waals surface area contributed by atoms with Crippen molar-refractivity contribution in [2.45, 2.75) is 26.2 Å². The first-order valence-corrected chi connectivity index (χ1v) is 8.14. The van der Waals surface area contributed by atoms with Gasteiger partial charge in [0.15, 0.2) is 5.78 Å². The van der Waals surface area contributed by atoms with E-state index in [-0.39, 0.29) is 5.78 Å². The normalized spacial score (nSPS) is 13.9. The number of hydrogen-bond donors (Lipinski definition) is 0. The monoisotopic (exact) mass is 301 g/mol. The van der Waals surface area contributed by atoms with E-state index >= 15 is 0 Å². The second-order valence-electron chi connectivity index (χ2n) is 6.20. The highest BCUT2D eigenvalue weighted by atomic mass is 16.1. The molecule has 0 saturated carbocycles. The lowest BCUT2D eigenvalue weighted by Crippen LogP contribution is -2.12. The highest BCUT2D eigenvalue weighted by Gasteiger charge is 2.25. The van der Waals surface area contributed by atoms with Crippen molar-refractivity contribution in [1.82, 2.24) is 4.57 Å². The fourth-order valence-corrected chi connectivity index (χ4v) is 3.40. The van der Waals surface area contributed by atoms with E-state index in [1.54, 1.807) is 0 Å². The Hall–Kier alpha value is -2.61. The Balaban J connectivity index is 1.98. The summed E-state index contributed by atoms with van der Waals surface area (Å²) in [6, 6.07) is 20.9. The number of hydrogen-bond acceptors (Lipinski definition) is 1. The Bertz CT molecular complexity index is 857. The number of aryl methyl sites for hydroxylation is 1. The Labute approximate surface area is 136 Å². The number of aromatic nitrogens is 1. The molecular formula is C21H19NO. The molecule has 23 heavy (non-hydrogen) atoms. The molecule has 0 amide bonds. The fraction of sp³-hybridized carbons (Fsp3) is 0.190. The van der Waals surface area contributed by atoms with E-state index in [0.29, 0.717) is 6.42 Å². The molecule has 0 spiro atoms. The number of carbonyl (C=O) groups excluding carboxylic acids is 1. The number of benzene rings is 2. The third-order valence-electron chi connectivity index (χ3n) is 4.58. The van der Waals surface area contributed by atoms with E-state index in [1.165, 1.54) is 5.56 Å². The largest absolute Gasteiger partial charge is 0.313 e. The first-order chi connectivity index (χ1) is 11.2. The molecule has 114 valence electrons. The summed E-state index contributed by atoms with van der Waals surface area (Å²) in [5, 5.41) is 0. The minimum atomic E-state index is 0.272. The molecule has 4 rings (SSSR count). The molecule has 0 saturated heterocycles. The van der Waals surface area contributed by atoms with Crippen molar-refractivity contribution in [1.29, 1.82) is 0 Å². The van der Waals surface area contributed by atoms with Gasteiger partial charge in [-0.15, -0.1) is 0 Å². The Morgan fingerprint density at radius 2 is 1.65 bits per heavy atom. The predicted octanol–water partition coefficient (Wildman–Crippen LogP) is 4.97. The lowest BCUT2D eigenvalue weighted by Gasteiger charge is -2.17. The highest BCUT2D eigenvalue weighted by molar-refractivity contribution is 6.00. The van der Waals surface area contributed by atoms with Crippen molar-refractivity contribution >= 4 is 5.78 Å². The van der Waals surface area contributed by atoms with Crippen LogP contribution >= 0.6 is 0 Å². The van der Waals surface area contributed by atoms with Crippen molar-refractivity contribution < 1.29 is 4.79 Å². The van der Waals surface area contributed by atoms with Gasteiger partial charge in [0.25, 0.3) is 0 Å². The number of carbonyl (C=O) groups is 1. The second-order valence-corrected chi connectivity index (χ2v) is 6.20. The SMILES string of the molecule is Cc1ccc(-n2c(-c3ccccc3)cc3c2CCCC3=O)cc1. The molecule has 3 aromatic rings. The molecule has 0 unspecified atom stereocenters. The molecule has 1 aliphatic carbocycles. The van der Waals surface area contributed by atoms with Gasteiger partial charge in [-0.05, 0) is 43.5 Å². The molecule has 2 nitrogen and oxygen atoms in total. The summed E-state index contributed by atoms with van der Waals surface area (Å²) in [5.41, 5.74) is 6.68. The maximum atomic E-state index is 12.4. The smallest absolute Gasteiger partial charge is 0.164 e. The first kappa shape index (κ1) is 14.0. The summed E-state index contributed by atoms with van der Waals surface area (Å²) < 4.78 is 2.27. The van der Waals surface area contributed by atoms with Gasteiger partial charge in [0.1, 0.15) is 0 Å². The Morgan fingerprint density at radius 3 is 2.39 bits per heavy atom. The maximum absolute atomic E-state index is 12.4. The van der Waals surface area contributed by atoms with Gasteiger partial charge in [0.2, 0.25) is 0 Å². The van der Waals surface area contributed by atoms with Gasteiger partial charge in [-0.1, -0.05) is 48.0 Å². The number of nitrogens with zero attached hydrogens (tertiary/aromatic N) is 1. The third kappa shape index (κ3) is 2.40. The molecule has 1 aromatic heterocycles. The number of rotatable bonds is 2. The zero-order chi connectivity index (χ0) is 15.8. The molecule has 0 fully saturated rings. The molecule has 0 aliphatic heterocycles. The van der Waals surface area contributed by atoms with Gasteiger partial charge in [-0.25, -0.2) is 0 Å². The van der Waals surface area contributed by atoms with Gasteiger partial charge in [0.05, 0.1) is 5.69 Å². The van der Waals surface area contributed by atoms with Crippen LogP contribution in [0, 0.1) is 6.92 Å². The zero-order valence-corrected chi connectivity index (χ0v) is 13.3. The summed E-state index contributed by atoms with van der Waals surface area (Å²) in [6.07, 6.45) is 2.57. The molecule has 0 radical (unpaired) electrons. The number of fused-ring (bicyclic) bond motifs is 1. The third-order valence-corrected chi connectivity index (χ3v) is 4.58. The van der Waals surface area contributed by atoms with Crippen LogP contribution in [-0.2, 0) is 6.42 Å². The number of Topliss-reactive ketones (excluding diaryl/α,β-unsaturated/α-hetero) is 1. The van der Waals surface area contributed by atoms with E-state index in [1.807, 2.05) is 18.2 Å². The quantitative estimate of drug-likeness (QED) is 0.655. The molecule has 0 N–H and O–H groups in total. The van der Waals surface area contributed by atoms with Crippen molar-refractivity contribution in [3.8, 4) is 16.9 Å². The van der Waals surface area contributed by atoms with E-state index in [2.05, 4.69) is 54.0 Å². The minimum absolute atomic E-state index is 0.272. The summed E-state index contributed by atoms with van der Waals surface area (Å²) >= 11 is 0. The van der Waals surface area contributed by atoms with E-state index in [9.17, 15) is 4.79 Å². The Kier molecular flexibility index (Phi) is 3.38. The molecule has 1 aliphatic rings. The van der Waals surface area contributed by atoms with Crippen molar-refractivity contribution in [3.05, 3.63) is 77.5 Å². The summed E-state index contributed by atoms with van der Waals surface area (Å²) in [4.78, 5) is 12.4. The predicted molar refractivity (Wildman–Crippen MR) is 93.2 cm³/mol. The molecule has 2 heteroatoms. The van der Waals surface area contributed by atoms with Gasteiger partial charge in [-0.2, -0.15) is 0 Å². The summed E-state index contributed by atoms with van der Waals surface area (Å²) in [5.74, 6) is 0.272. The minimum Gasteiger partial charge on any atom is -0.313 e. The van der Waals surface area contributed by atoms with Crippen LogP contribution in [-0.4, -0.2) is 10.4 Å². The van der Waals surface area contributed by atoms with Crippen LogP contribution in [0.4, 0.5) is 0 Å². The number of ketones is 1. The van der Waals surface area contributed by atoms with Crippen LogP contribution in [0.25, 0.3) is 16.9 Å². The average molecular weight is 301 g/mol. The van der Waals surface area contributed by atoms with Gasteiger partial charge in [0, 0.05) is 23.4 Å². The molecule has 0 bridgehead atoms. The van der Waals surface area contributed by atoms with Crippen LogP contribution in [0.3, 0.4) is 0 Å². The first-order valence-electron chi connectivity index (χ1n) is 8.14. The molecular weight excluding hydrogens is 282 g/mol. The average Bonchev–Trinajstić information content (AvgIpc) is 2.97. The van der Waals surface area contributed by atoms with E-state index in [4.69, 9.17) is 0 Å². The van der Waals surface area contributed by atoms with Crippen LogP contribution in [0.15, 0.2) is 60.7 Å². The zero-order valence-electron chi connectivity index (χ0n) is 13.3. The van der Waals surface area contributed by atoms with Crippen LogP contribution in [0.2, 0.25) is 0 Å². The van der Waals surface area contributed by atoms with Gasteiger partial charge in [-0.3, -0.25) is 4.79 Å². The fourth-order valence-electron chi connectivity index (χ4n) is 3.40. The van der Waals surface area contributed by atoms with Crippen molar-refractivity contribution in [2.75, 3.05) is 0 Å². The Morgan fingerprint density at radius 1 is 0.913 bits per heavy atom. The second kappa shape index (κ2) is 5.54. The summed E-state index contributed by atoms with van der Waals surface area (Å²) in [6.45, 7) is 2.09. The topological polar surface area (TPSA) is 22.0 Å². The van der Waals surface area contributed by atoms with Crippen molar-refractivity contribution in [3.63, 3.8) is 0 Å². The van der Waals surface area contributed by atoms with Crippen LogP contribution in [0.1, 0.15) is 34.5 Å². The van der Waals surface area contributed by atoms with Gasteiger partial charge < -0.3 is 4.57 Å². The molecule has 1 heterocycles. The highest BCUT2D eigenvalue weighted by Crippen LogP contribution is 2.33. The standard InChI is InChI=1S/C21H19NO/c1-15-10-12-17(13-11-15)22-19-8-5-9-21(23)18(19)14-20(22)16-6-3-2-4-7-16/h2-4,6-7,10-14H,5,8-9H2,1H3. The molecule has 0 atom stereocenters. The van der Waals surface area contributed by atoms with E-state index < -0.39 is 0 Å². The van der Waals surface area contributed by atoms with Crippen LogP contribution in [0.5, 0.6) is 0 Å². The lowest BCUT2D eigenvalue weighted by atomic mass is 9.96. The van der Waals surface area contributed by atoms with E-state index in [0.717, 1.165) is 41.0 Å². The maximum Gasteiger partial charge on any atom is 0.164 e. The van der Waals surface area contributed by atoms with Crippen molar-refractivity contribution in [2.24, 2.45) is 0 Å². The molecule has 2 aromatic carbocycles. The van der Waals surface area contributed by atoms with Gasteiger partial charge >= 0.3 is 0 Å². The summed E-state index contributed by atoms with van der Waals surface area (Å²) in [7, 11) is 0. The van der Waals surface area contributed by atoms with Crippen LogP contribution < -0.4 is 0 Å².